The van der Waals surface area contributed by atoms with Crippen LogP contribution in [-0.2, 0) is 9.47 Å². The van der Waals surface area contributed by atoms with Crippen LogP contribution >= 0.6 is 0 Å². The van der Waals surface area contributed by atoms with Gasteiger partial charge in [-0.3, -0.25) is 0 Å². The topological polar surface area (TPSA) is 101 Å². The van der Waals surface area contributed by atoms with Gasteiger partial charge in [0.1, 0.15) is 19.3 Å². The lowest BCUT2D eigenvalue weighted by Crippen LogP contribution is -2.27. The van der Waals surface area contributed by atoms with Gasteiger partial charge in [0, 0.05) is 0 Å². The van der Waals surface area contributed by atoms with Gasteiger partial charge in [0.15, 0.2) is 11.8 Å². The van der Waals surface area contributed by atoms with E-state index in [1.165, 1.54) is 24.5 Å². The quantitative estimate of drug-likeness (QED) is 0.750. The fourth-order valence-corrected chi connectivity index (χ4v) is 1.73. The van der Waals surface area contributed by atoms with E-state index in [0.29, 0.717) is 17.0 Å². The molecule has 0 spiro atoms. The van der Waals surface area contributed by atoms with Crippen LogP contribution in [0.4, 0.5) is 0 Å². The summed E-state index contributed by atoms with van der Waals surface area (Å²) in [7, 11) is 1.50. The van der Waals surface area contributed by atoms with Gasteiger partial charge >= 0.3 is 0 Å². The largest absolute Gasteiger partial charge is 0.479 e. The molecule has 3 rings (SSSR count). The molecule has 1 aliphatic rings. The van der Waals surface area contributed by atoms with Crippen LogP contribution in [0, 0.1) is 0 Å². The molecule has 19 heavy (non-hydrogen) atoms. The van der Waals surface area contributed by atoms with Crippen molar-refractivity contribution in [2.24, 2.45) is 0 Å². The molecule has 3 heterocycles. The number of rotatable bonds is 4. The summed E-state index contributed by atoms with van der Waals surface area (Å²) < 4.78 is 16.8. The second-order valence-corrected chi connectivity index (χ2v) is 3.74. The maximum absolute atomic E-state index is 8.89. The number of hydrogen-bond acceptors (Lipinski definition) is 8. The first-order valence-corrected chi connectivity index (χ1v) is 5.59. The van der Waals surface area contributed by atoms with Gasteiger partial charge in [-0.1, -0.05) is 0 Å². The minimum absolute atomic E-state index is 0.215. The van der Waals surface area contributed by atoms with E-state index in [0.717, 1.165) is 0 Å². The van der Waals surface area contributed by atoms with Crippen LogP contribution in [-0.4, -0.2) is 57.7 Å². The summed E-state index contributed by atoms with van der Waals surface area (Å²) in [5, 5.41) is 8.89. The molecule has 9 nitrogen and oxygen atoms in total. The van der Waals surface area contributed by atoms with E-state index in [1.807, 2.05) is 0 Å². The number of fused-ring (bicyclic) bond motifs is 1. The normalized spacial score (nSPS) is 22.8. The second-order valence-electron chi connectivity index (χ2n) is 3.74. The fraction of sp³-hybridized carbons (Fsp3) is 0.500. The fourth-order valence-electron chi connectivity index (χ4n) is 1.73. The van der Waals surface area contributed by atoms with Gasteiger partial charge in [-0.2, -0.15) is 4.98 Å². The Hall–Kier alpha value is -1.97. The predicted molar refractivity (Wildman–Crippen MR) is 60.2 cm³/mol. The van der Waals surface area contributed by atoms with Crippen molar-refractivity contribution in [1.82, 2.24) is 19.7 Å². The van der Waals surface area contributed by atoms with Gasteiger partial charge in [0.05, 0.1) is 13.7 Å². The molecule has 0 aliphatic carbocycles. The predicted octanol–water partition coefficient (Wildman–Crippen LogP) is -1.05. The van der Waals surface area contributed by atoms with Crippen molar-refractivity contribution in [2.45, 2.75) is 12.6 Å². The van der Waals surface area contributed by atoms with E-state index in [-0.39, 0.29) is 13.2 Å². The summed E-state index contributed by atoms with van der Waals surface area (Å²) in [6.45, 7) is -0.00630. The lowest BCUT2D eigenvalue weighted by Gasteiger charge is -2.12. The minimum Gasteiger partial charge on any atom is -0.479 e. The molecular formula is C10H12N4O5. The van der Waals surface area contributed by atoms with Crippen molar-refractivity contribution >= 4 is 11.2 Å². The highest BCUT2D eigenvalue weighted by atomic mass is 16.9. The first-order chi connectivity index (χ1) is 9.31. The molecule has 1 N–H and O–H groups in total. The molecule has 102 valence electrons. The molecule has 0 bridgehead atoms. The maximum atomic E-state index is 8.89. The Morgan fingerprint density at radius 1 is 1.47 bits per heavy atom. The van der Waals surface area contributed by atoms with E-state index in [4.69, 9.17) is 24.2 Å². The molecule has 2 atom stereocenters. The molecule has 9 heteroatoms. The van der Waals surface area contributed by atoms with Crippen LogP contribution in [0.1, 0.15) is 0 Å². The third-order valence-electron chi connectivity index (χ3n) is 2.57. The average molecular weight is 268 g/mol. The molecule has 2 aromatic rings. The first kappa shape index (κ1) is 12.1. The molecule has 0 saturated carbocycles. The van der Waals surface area contributed by atoms with Crippen LogP contribution in [0.2, 0.25) is 0 Å². The standard InChI is InChI=1S/C10H12N4O5/c1-16-10-8-9(11-4-12-10)14(5-13-8)19-7-3-17-6(2-15)18-7/h4-7,15H,2-3H2,1H3/t6?,7-/m1/s1. The Morgan fingerprint density at radius 3 is 3.11 bits per heavy atom. The average Bonchev–Trinajstić information content (AvgIpc) is 3.06. The Morgan fingerprint density at radius 2 is 2.37 bits per heavy atom. The van der Waals surface area contributed by atoms with E-state index >= 15 is 0 Å². The third kappa shape index (κ3) is 2.18. The zero-order valence-corrected chi connectivity index (χ0v) is 10.1. The summed E-state index contributed by atoms with van der Waals surface area (Å²) in [6.07, 6.45) is 1.50. The maximum Gasteiger partial charge on any atom is 0.250 e. The van der Waals surface area contributed by atoms with E-state index in [9.17, 15) is 0 Å². The van der Waals surface area contributed by atoms with Crippen molar-refractivity contribution < 1.29 is 24.2 Å². The highest BCUT2D eigenvalue weighted by Gasteiger charge is 2.28. The molecular weight excluding hydrogens is 256 g/mol. The number of aliphatic hydroxyl groups excluding tert-OH is 1. The van der Waals surface area contributed by atoms with Crippen molar-refractivity contribution in [3.8, 4) is 5.88 Å². The zero-order valence-electron chi connectivity index (χ0n) is 10.1. The van der Waals surface area contributed by atoms with Gasteiger partial charge in [-0.15, -0.1) is 4.73 Å². The first-order valence-electron chi connectivity index (χ1n) is 5.59. The van der Waals surface area contributed by atoms with Crippen molar-refractivity contribution in [1.29, 1.82) is 0 Å². The summed E-state index contributed by atoms with van der Waals surface area (Å²) in [4.78, 5) is 17.6. The van der Waals surface area contributed by atoms with Crippen molar-refractivity contribution in [3.05, 3.63) is 12.7 Å². The molecule has 0 radical (unpaired) electrons. The van der Waals surface area contributed by atoms with Gasteiger partial charge in [-0.25, -0.2) is 9.97 Å². The summed E-state index contributed by atoms with van der Waals surface area (Å²) in [6, 6.07) is 0. The Kier molecular flexibility index (Phi) is 3.15. The number of nitrogens with zero attached hydrogens (tertiary/aromatic N) is 4. The number of aromatic nitrogens is 4. The summed E-state index contributed by atoms with van der Waals surface area (Å²) in [5.41, 5.74) is 0.950. The third-order valence-corrected chi connectivity index (χ3v) is 2.57. The number of hydrogen-bond donors (Lipinski definition) is 1. The molecule has 1 aliphatic heterocycles. The van der Waals surface area contributed by atoms with Gasteiger partial charge in [-0.05, 0) is 0 Å². The number of aliphatic hydroxyl groups is 1. The summed E-state index contributed by atoms with van der Waals surface area (Å²) >= 11 is 0. The number of ether oxygens (including phenoxy) is 3. The van der Waals surface area contributed by atoms with E-state index < -0.39 is 12.6 Å². The Bertz CT molecular complexity index is 574. The second kappa shape index (κ2) is 4.96. The molecule has 2 aromatic heterocycles. The smallest absolute Gasteiger partial charge is 0.250 e. The highest BCUT2D eigenvalue weighted by molar-refractivity contribution is 5.75. The lowest BCUT2D eigenvalue weighted by atomic mass is 10.5. The van der Waals surface area contributed by atoms with Crippen molar-refractivity contribution in [3.63, 3.8) is 0 Å². The minimum atomic E-state index is -0.663. The van der Waals surface area contributed by atoms with Crippen LogP contribution in [0.25, 0.3) is 11.2 Å². The van der Waals surface area contributed by atoms with E-state index in [1.54, 1.807) is 0 Å². The lowest BCUT2D eigenvalue weighted by molar-refractivity contribution is -0.155. The van der Waals surface area contributed by atoms with Crippen LogP contribution in [0.3, 0.4) is 0 Å². The summed E-state index contributed by atoms with van der Waals surface area (Å²) in [5.74, 6) is 0.365. The van der Waals surface area contributed by atoms with Crippen LogP contribution in [0.15, 0.2) is 12.7 Å². The SMILES string of the molecule is COc1ncnc2c1ncn2O[C@@H]1COC(CO)O1. The monoisotopic (exact) mass is 268 g/mol. The molecule has 1 fully saturated rings. The van der Waals surface area contributed by atoms with Crippen LogP contribution < -0.4 is 9.57 Å². The van der Waals surface area contributed by atoms with Gasteiger partial charge in [0.2, 0.25) is 11.5 Å². The highest BCUT2D eigenvalue weighted by Crippen LogP contribution is 2.19. The van der Waals surface area contributed by atoms with Crippen molar-refractivity contribution in [2.75, 3.05) is 20.3 Å². The van der Waals surface area contributed by atoms with Gasteiger partial charge in [0.25, 0.3) is 6.29 Å². The van der Waals surface area contributed by atoms with E-state index in [2.05, 4.69) is 15.0 Å². The number of imidazole rings is 1. The Balaban J connectivity index is 1.82. The van der Waals surface area contributed by atoms with Crippen LogP contribution in [0.5, 0.6) is 5.88 Å². The van der Waals surface area contributed by atoms with Gasteiger partial charge < -0.3 is 24.2 Å². The molecule has 1 unspecified atom stereocenters. The Labute approximate surface area is 107 Å². The number of methoxy groups -OCH3 is 1. The molecule has 0 aromatic carbocycles. The molecule has 1 saturated heterocycles. The zero-order chi connectivity index (χ0) is 13.2. The molecule has 0 amide bonds.